The van der Waals surface area contributed by atoms with Gasteiger partial charge in [0.15, 0.2) is 12.4 Å². The fourth-order valence-electron chi connectivity index (χ4n) is 1.60. The number of rotatable bonds is 5. The standard InChI is InChI=1S/C13H10N2O5/c14-5-7-19-10-2-1-6-15(12(10)16)8-9-3-4-11(20-9)13(17)18/h1-4,6H,7-8H2,(H,17,18). The predicted octanol–water partition coefficient (Wildman–Crippen LogP) is 1.09. The number of carboxylic acids is 1. The predicted molar refractivity (Wildman–Crippen MR) is 66.6 cm³/mol. The maximum atomic E-state index is 12.0. The SMILES string of the molecule is N#CCOc1cccn(Cc2ccc(C(=O)O)o2)c1=O. The Morgan fingerprint density at radius 3 is 2.90 bits per heavy atom. The molecule has 0 amide bonds. The lowest BCUT2D eigenvalue weighted by Crippen LogP contribution is -2.21. The minimum absolute atomic E-state index is 0.0547. The quantitative estimate of drug-likeness (QED) is 0.874. The van der Waals surface area contributed by atoms with E-state index in [0.717, 1.165) is 0 Å². The lowest BCUT2D eigenvalue weighted by molar-refractivity contribution is 0.0660. The van der Waals surface area contributed by atoms with Crippen LogP contribution in [0.2, 0.25) is 0 Å². The van der Waals surface area contributed by atoms with Crippen LogP contribution < -0.4 is 10.3 Å². The first-order valence-electron chi connectivity index (χ1n) is 5.63. The normalized spacial score (nSPS) is 9.95. The molecular formula is C13H10N2O5. The molecule has 1 N–H and O–H groups in total. The van der Waals surface area contributed by atoms with Crippen LogP contribution in [-0.4, -0.2) is 22.2 Å². The lowest BCUT2D eigenvalue weighted by atomic mass is 10.4. The van der Waals surface area contributed by atoms with E-state index in [1.165, 1.54) is 29.0 Å². The smallest absolute Gasteiger partial charge is 0.371 e. The third kappa shape index (κ3) is 2.87. The van der Waals surface area contributed by atoms with Gasteiger partial charge in [-0.1, -0.05) is 0 Å². The van der Waals surface area contributed by atoms with Crippen molar-refractivity contribution in [1.29, 1.82) is 5.26 Å². The van der Waals surface area contributed by atoms with Gasteiger partial charge in [-0.25, -0.2) is 4.79 Å². The molecule has 2 aromatic heterocycles. The topological polar surface area (TPSA) is 105 Å². The van der Waals surface area contributed by atoms with Crippen molar-refractivity contribution in [2.45, 2.75) is 6.54 Å². The van der Waals surface area contributed by atoms with Gasteiger partial charge in [-0.15, -0.1) is 0 Å². The van der Waals surface area contributed by atoms with Crippen molar-refractivity contribution in [3.8, 4) is 11.8 Å². The van der Waals surface area contributed by atoms with E-state index >= 15 is 0 Å². The fraction of sp³-hybridized carbons (Fsp3) is 0.154. The van der Waals surface area contributed by atoms with Crippen LogP contribution in [0.4, 0.5) is 0 Å². The molecule has 0 fully saturated rings. The average Bonchev–Trinajstić information content (AvgIpc) is 2.88. The summed E-state index contributed by atoms with van der Waals surface area (Å²) in [7, 11) is 0. The van der Waals surface area contributed by atoms with E-state index in [2.05, 4.69) is 0 Å². The molecule has 0 spiro atoms. The van der Waals surface area contributed by atoms with Gasteiger partial charge in [-0.2, -0.15) is 5.26 Å². The highest BCUT2D eigenvalue weighted by molar-refractivity contribution is 5.84. The molecule has 0 aromatic carbocycles. The second kappa shape index (κ2) is 5.75. The third-order valence-electron chi connectivity index (χ3n) is 2.48. The Labute approximate surface area is 113 Å². The molecule has 0 atom stereocenters. The maximum absolute atomic E-state index is 12.0. The van der Waals surface area contributed by atoms with Crippen LogP contribution in [0.25, 0.3) is 0 Å². The number of hydrogen-bond acceptors (Lipinski definition) is 5. The van der Waals surface area contributed by atoms with Gasteiger partial charge in [0.25, 0.3) is 5.56 Å². The van der Waals surface area contributed by atoms with Gasteiger partial charge in [0, 0.05) is 6.20 Å². The van der Waals surface area contributed by atoms with E-state index in [-0.39, 0.29) is 24.7 Å². The van der Waals surface area contributed by atoms with Crippen molar-refractivity contribution in [3.63, 3.8) is 0 Å². The Bertz CT molecular complexity index is 723. The van der Waals surface area contributed by atoms with Crippen LogP contribution in [0.3, 0.4) is 0 Å². The zero-order valence-electron chi connectivity index (χ0n) is 10.3. The molecule has 0 aliphatic rings. The number of ether oxygens (including phenoxy) is 1. The van der Waals surface area contributed by atoms with E-state index < -0.39 is 11.5 Å². The van der Waals surface area contributed by atoms with Gasteiger partial charge in [0.2, 0.25) is 5.76 Å². The van der Waals surface area contributed by atoms with Crippen molar-refractivity contribution in [3.05, 3.63) is 52.3 Å². The molecule has 102 valence electrons. The second-order valence-electron chi connectivity index (χ2n) is 3.82. The summed E-state index contributed by atoms with van der Waals surface area (Å²) in [5, 5.41) is 17.2. The molecule has 7 nitrogen and oxygen atoms in total. The van der Waals surface area contributed by atoms with E-state index in [0.29, 0.717) is 5.76 Å². The molecule has 0 aliphatic carbocycles. The van der Waals surface area contributed by atoms with E-state index in [4.69, 9.17) is 19.5 Å². The highest BCUT2D eigenvalue weighted by Crippen LogP contribution is 2.10. The highest BCUT2D eigenvalue weighted by Gasteiger charge is 2.11. The van der Waals surface area contributed by atoms with Gasteiger partial charge in [-0.05, 0) is 24.3 Å². The molecule has 20 heavy (non-hydrogen) atoms. The van der Waals surface area contributed by atoms with E-state index in [1.807, 2.05) is 0 Å². The van der Waals surface area contributed by atoms with Crippen LogP contribution in [0.15, 0.2) is 39.7 Å². The molecule has 2 heterocycles. The molecule has 7 heteroatoms. The van der Waals surface area contributed by atoms with Crippen molar-refractivity contribution in [1.82, 2.24) is 4.57 Å². The molecule has 2 rings (SSSR count). The summed E-state index contributed by atoms with van der Waals surface area (Å²) in [5.41, 5.74) is -0.420. The Balaban J connectivity index is 2.23. The monoisotopic (exact) mass is 274 g/mol. The fourth-order valence-corrected chi connectivity index (χ4v) is 1.60. The number of aromatic carboxylic acids is 1. The molecule has 0 bridgehead atoms. The molecule has 0 unspecified atom stereocenters. The summed E-state index contributed by atoms with van der Waals surface area (Å²) in [6.07, 6.45) is 1.52. The Morgan fingerprint density at radius 1 is 1.45 bits per heavy atom. The number of hydrogen-bond donors (Lipinski definition) is 1. The van der Waals surface area contributed by atoms with Gasteiger partial charge in [0.05, 0.1) is 6.54 Å². The van der Waals surface area contributed by atoms with Gasteiger partial charge >= 0.3 is 5.97 Å². The van der Waals surface area contributed by atoms with E-state index in [1.54, 1.807) is 12.1 Å². The molecular weight excluding hydrogens is 264 g/mol. The van der Waals surface area contributed by atoms with Gasteiger partial charge < -0.3 is 18.8 Å². The van der Waals surface area contributed by atoms with E-state index in [9.17, 15) is 9.59 Å². The van der Waals surface area contributed by atoms with Crippen molar-refractivity contribution in [2.75, 3.05) is 6.61 Å². The third-order valence-corrected chi connectivity index (χ3v) is 2.48. The zero-order chi connectivity index (χ0) is 14.5. The van der Waals surface area contributed by atoms with Crippen LogP contribution in [0.5, 0.6) is 5.75 Å². The first-order chi connectivity index (χ1) is 9.61. The molecule has 2 aromatic rings. The van der Waals surface area contributed by atoms with Crippen LogP contribution in [0, 0.1) is 11.3 Å². The van der Waals surface area contributed by atoms with Crippen LogP contribution >= 0.6 is 0 Å². The summed E-state index contributed by atoms with van der Waals surface area (Å²) in [4.78, 5) is 22.7. The second-order valence-corrected chi connectivity index (χ2v) is 3.82. The van der Waals surface area contributed by atoms with Crippen LogP contribution in [0.1, 0.15) is 16.3 Å². The molecule has 0 saturated carbocycles. The van der Waals surface area contributed by atoms with Crippen molar-refractivity contribution in [2.24, 2.45) is 0 Å². The number of carbonyl (C=O) groups is 1. The first-order valence-corrected chi connectivity index (χ1v) is 5.63. The first kappa shape index (κ1) is 13.4. The van der Waals surface area contributed by atoms with Gasteiger partial charge in [0.1, 0.15) is 11.8 Å². The van der Waals surface area contributed by atoms with Crippen molar-refractivity contribution >= 4 is 5.97 Å². The lowest BCUT2D eigenvalue weighted by Gasteiger charge is -2.06. The number of pyridine rings is 1. The minimum atomic E-state index is -1.17. The molecule has 0 radical (unpaired) electrons. The highest BCUT2D eigenvalue weighted by atomic mass is 16.5. The van der Waals surface area contributed by atoms with Gasteiger partial charge in [-0.3, -0.25) is 4.79 Å². The average molecular weight is 274 g/mol. The summed E-state index contributed by atoms with van der Waals surface area (Å²) in [6, 6.07) is 7.63. The Kier molecular flexibility index (Phi) is 3.86. The Morgan fingerprint density at radius 2 is 2.25 bits per heavy atom. The molecule has 0 saturated heterocycles. The largest absolute Gasteiger partial charge is 0.475 e. The zero-order valence-corrected chi connectivity index (χ0v) is 10.3. The molecule has 0 aliphatic heterocycles. The summed E-state index contributed by atoms with van der Waals surface area (Å²) in [5.74, 6) is -0.972. The summed E-state index contributed by atoms with van der Waals surface area (Å²) >= 11 is 0. The number of carboxylic acid groups (broad SMARTS) is 1. The number of aromatic nitrogens is 1. The number of nitrogens with zero attached hydrogens (tertiary/aromatic N) is 2. The Hall–Kier alpha value is -3.01. The summed E-state index contributed by atoms with van der Waals surface area (Å²) < 4.78 is 11.4. The van der Waals surface area contributed by atoms with Crippen LogP contribution in [-0.2, 0) is 6.54 Å². The summed E-state index contributed by atoms with van der Waals surface area (Å²) in [6.45, 7) is -0.140. The number of furan rings is 1. The number of nitriles is 1. The maximum Gasteiger partial charge on any atom is 0.371 e. The van der Waals surface area contributed by atoms with Crippen molar-refractivity contribution < 1.29 is 19.1 Å². The minimum Gasteiger partial charge on any atom is -0.475 e.